The summed E-state index contributed by atoms with van der Waals surface area (Å²) in [5.41, 5.74) is 1.22. The first-order valence-corrected chi connectivity index (χ1v) is 4.95. The average Bonchev–Trinajstić information content (AvgIpc) is 2.53. The minimum atomic E-state index is 0.382. The Balaban J connectivity index is 1.89. The molecule has 1 aliphatic rings. The Bertz CT molecular complexity index is 264. The second-order valence-electron chi connectivity index (χ2n) is 3.73. The summed E-state index contributed by atoms with van der Waals surface area (Å²) in [5, 5.41) is 4.25. The Kier molecular flexibility index (Phi) is 2.64. The first-order valence-electron chi connectivity index (χ1n) is 4.95. The Morgan fingerprint density at radius 3 is 3.15 bits per heavy atom. The van der Waals surface area contributed by atoms with E-state index in [0.717, 1.165) is 13.2 Å². The summed E-state index contributed by atoms with van der Waals surface area (Å²) in [7, 11) is 0. The molecule has 0 aromatic carbocycles. The van der Waals surface area contributed by atoms with Crippen LogP contribution in [0.3, 0.4) is 0 Å². The maximum Gasteiger partial charge on any atom is 0.0770 e. The van der Waals surface area contributed by atoms with E-state index in [9.17, 15) is 0 Å². The van der Waals surface area contributed by atoms with E-state index in [1.54, 1.807) is 0 Å². The largest absolute Gasteiger partial charge is 0.376 e. The van der Waals surface area contributed by atoms with Crippen LogP contribution in [-0.2, 0) is 11.3 Å². The molecule has 3 heteroatoms. The highest BCUT2D eigenvalue weighted by atomic mass is 16.5. The van der Waals surface area contributed by atoms with E-state index in [-0.39, 0.29) is 0 Å². The van der Waals surface area contributed by atoms with Crippen molar-refractivity contribution in [2.45, 2.75) is 38.8 Å². The number of rotatable bonds is 2. The second-order valence-corrected chi connectivity index (χ2v) is 3.73. The number of nitrogens with zero attached hydrogens (tertiary/aromatic N) is 2. The predicted molar refractivity (Wildman–Crippen MR) is 50.6 cm³/mol. The van der Waals surface area contributed by atoms with Gasteiger partial charge in [-0.3, -0.25) is 4.68 Å². The molecule has 0 bridgehead atoms. The number of ether oxygens (including phenoxy) is 1. The molecule has 0 spiro atoms. The number of aromatic nitrogens is 2. The normalized spacial score (nSPS) is 23.3. The van der Waals surface area contributed by atoms with E-state index in [1.807, 2.05) is 10.9 Å². The topological polar surface area (TPSA) is 27.1 Å². The minimum absolute atomic E-state index is 0.382. The maximum atomic E-state index is 5.63. The van der Waals surface area contributed by atoms with Gasteiger partial charge in [-0.2, -0.15) is 5.10 Å². The van der Waals surface area contributed by atoms with Crippen LogP contribution >= 0.6 is 0 Å². The molecule has 13 heavy (non-hydrogen) atoms. The highest BCUT2D eigenvalue weighted by Crippen LogP contribution is 2.14. The molecule has 0 unspecified atom stereocenters. The first kappa shape index (κ1) is 8.75. The lowest BCUT2D eigenvalue weighted by molar-refractivity contribution is 0.00399. The second kappa shape index (κ2) is 3.92. The van der Waals surface area contributed by atoms with Crippen LogP contribution in [0.5, 0.6) is 0 Å². The van der Waals surface area contributed by atoms with Crippen LogP contribution in [0, 0.1) is 6.92 Å². The van der Waals surface area contributed by atoms with Gasteiger partial charge in [-0.25, -0.2) is 0 Å². The lowest BCUT2D eigenvalue weighted by atomic mass is 10.1. The summed E-state index contributed by atoms with van der Waals surface area (Å²) in [6.07, 6.45) is 8.03. The van der Waals surface area contributed by atoms with Gasteiger partial charge < -0.3 is 4.74 Å². The fourth-order valence-electron chi connectivity index (χ4n) is 1.73. The predicted octanol–water partition coefficient (Wildman–Crippen LogP) is 1.76. The number of hydrogen-bond acceptors (Lipinski definition) is 2. The zero-order valence-electron chi connectivity index (χ0n) is 8.07. The van der Waals surface area contributed by atoms with Crippen LogP contribution < -0.4 is 0 Å². The summed E-state index contributed by atoms with van der Waals surface area (Å²) < 4.78 is 7.61. The molecular formula is C10H16N2O. The van der Waals surface area contributed by atoms with Gasteiger partial charge in [0.2, 0.25) is 0 Å². The van der Waals surface area contributed by atoms with Crippen LogP contribution in [0.15, 0.2) is 12.4 Å². The van der Waals surface area contributed by atoms with Crippen molar-refractivity contribution in [2.24, 2.45) is 0 Å². The Hall–Kier alpha value is -0.830. The van der Waals surface area contributed by atoms with E-state index < -0.39 is 0 Å². The van der Waals surface area contributed by atoms with Crippen LogP contribution in [0.2, 0.25) is 0 Å². The monoisotopic (exact) mass is 180 g/mol. The van der Waals surface area contributed by atoms with Crippen molar-refractivity contribution < 1.29 is 4.74 Å². The van der Waals surface area contributed by atoms with Crippen molar-refractivity contribution in [3.8, 4) is 0 Å². The van der Waals surface area contributed by atoms with Crippen molar-refractivity contribution in [2.75, 3.05) is 6.61 Å². The van der Waals surface area contributed by atoms with Gasteiger partial charge in [-0.15, -0.1) is 0 Å². The molecule has 1 aliphatic heterocycles. The van der Waals surface area contributed by atoms with E-state index in [4.69, 9.17) is 4.74 Å². The molecule has 1 saturated heterocycles. The summed E-state index contributed by atoms with van der Waals surface area (Å²) >= 11 is 0. The fraction of sp³-hybridized carbons (Fsp3) is 0.700. The molecule has 2 heterocycles. The van der Waals surface area contributed by atoms with E-state index in [1.165, 1.54) is 24.8 Å². The zero-order chi connectivity index (χ0) is 9.10. The quantitative estimate of drug-likeness (QED) is 0.693. The molecule has 0 amide bonds. The first-order chi connectivity index (χ1) is 6.34. The molecule has 0 saturated carbocycles. The summed E-state index contributed by atoms with van der Waals surface area (Å²) in [6, 6.07) is 0. The van der Waals surface area contributed by atoms with Gasteiger partial charge in [0.1, 0.15) is 0 Å². The SMILES string of the molecule is Cc1cnn(C[C@@H]2CCCCO2)c1. The van der Waals surface area contributed by atoms with Gasteiger partial charge in [-0.1, -0.05) is 0 Å². The fourth-order valence-corrected chi connectivity index (χ4v) is 1.73. The molecule has 1 aromatic rings. The number of hydrogen-bond donors (Lipinski definition) is 0. The van der Waals surface area contributed by atoms with E-state index in [2.05, 4.69) is 18.2 Å². The Labute approximate surface area is 78.7 Å². The molecule has 1 atom stereocenters. The molecule has 1 aromatic heterocycles. The van der Waals surface area contributed by atoms with Crippen LogP contribution in [0.4, 0.5) is 0 Å². The van der Waals surface area contributed by atoms with Crippen molar-refractivity contribution >= 4 is 0 Å². The van der Waals surface area contributed by atoms with Crippen molar-refractivity contribution in [3.63, 3.8) is 0 Å². The lowest BCUT2D eigenvalue weighted by Crippen LogP contribution is -2.24. The third-order valence-corrected chi connectivity index (χ3v) is 2.43. The highest BCUT2D eigenvalue weighted by molar-refractivity contribution is 4.99. The summed E-state index contributed by atoms with van der Waals surface area (Å²) in [4.78, 5) is 0. The molecule has 0 aliphatic carbocycles. The Morgan fingerprint density at radius 1 is 1.62 bits per heavy atom. The maximum absolute atomic E-state index is 5.63. The average molecular weight is 180 g/mol. The Morgan fingerprint density at radius 2 is 2.54 bits per heavy atom. The van der Waals surface area contributed by atoms with Crippen molar-refractivity contribution in [1.82, 2.24) is 9.78 Å². The molecule has 0 N–H and O–H groups in total. The van der Waals surface area contributed by atoms with Gasteiger partial charge in [0.05, 0.1) is 18.8 Å². The third-order valence-electron chi connectivity index (χ3n) is 2.43. The van der Waals surface area contributed by atoms with Gasteiger partial charge in [0, 0.05) is 12.8 Å². The summed E-state index contributed by atoms with van der Waals surface area (Å²) in [5.74, 6) is 0. The third kappa shape index (κ3) is 2.31. The molecule has 72 valence electrons. The molecule has 3 nitrogen and oxygen atoms in total. The molecule has 0 radical (unpaired) electrons. The van der Waals surface area contributed by atoms with Gasteiger partial charge in [0.15, 0.2) is 0 Å². The minimum Gasteiger partial charge on any atom is -0.376 e. The highest BCUT2D eigenvalue weighted by Gasteiger charge is 2.14. The van der Waals surface area contributed by atoms with Gasteiger partial charge in [-0.05, 0) is 31.7 Å². The van der Waals surface area contributed by atoms with Crippen LogP contribution in [0.25, 0.3) is 0 Å². The standard InChI is InChI=1S/C10H16N2O/c1-9-6-11-12(7-9)8-10-4-2-3-5-13-10/h6-7,10H,2-5,8H2,1H3/t10-/m0/s1. The van der Waals surface area contributed by atoms with Crippen molar-refractivity contribution in [1.29, 1.82) is 0 Å². The summed E-state index contributed by atoms with van der Waals surface area (Å²) in [6.45, 7) is 3.89. The molecule has 1 fully saturated rings. The van der Waals surface area contributed by atoms with Gasteiger partial charge >= 0.3 is 0 Å². The molecule has 2 rings (SSSR count). The number of aryl methyl sites for hydroxylation is 1. The van der Waals surface area contributed by atoms with Crippen LogP contribution in [0.1, 0.15) is 24.8 Å². The zero-order valence-corrected chi connectivity index (χ0v) is 8.07. The van der Waals surface area contributed by atoms with Gasteiger partial charge in [0.25, 0.3) is 0 Å². The smallest absolute Gasteiger partial charge is 0.0770 e. The molecular weight excluding hydrogens is 164 g/mol. The van der Waals surface area contributed by atoms with E-state index in [0.29, 0.717) is 6.10 Å². The van der Waals surface area contributed by atoms with E-state index >= 15 is 0 Å². The van der Waals surface area contributed by atoms with Crippen molar-refractivity contribution in [3.05, 3.63) is 18.0 Å². The lowest BCUT2D eigenvalue weighted by Gasteiger charge is -2.22. The van der Waals surface area contributed by atoms with Crippen LogP contribution in [-0.4, -0.2) is 22.5 Å².